The molecule has 0 spiro atoms. The first-order chi connectivity index (χ1) is 9.04. The van der Waals surface area contributed by atoms with Crippen LogP contribution >= 0.6 is 0 Å². The van der Waals surface area contributed by atoms with Crippen LogP contribution in [0.25, 0.3) is 0 Å². The highest BCUT2D eigenvalue weighted by atomic mass is 16.5. The van der Waals surface area contributed by atoms with Crippen molar-refractivity contribution in [2.45, 2.75) is 33.8 Å². The van der Waals surface area contributed by atoms with Crippen molar-refractivity contribution in [3.8, 4) is 0 Å². The van der Waals surface area contributed by atoms with E-state index in [9.17, 15) is 0 Å². The van der Waals surface area contributed by atoms with Crippen molar-refractivity contribution in [3.63, 3.8) is 0 Å². The van der Waals surface area contributed by atoms with E-state index in [0.717, 1.165) is 30.5 Å². The van der Waals surface area contributed by atoms with Crippen molar-refractivity contribution in [2.24, 2.45) is 5.41 Å². The van der Waals surface area contributed by atoms with Crippen molar-refractivity contribution in [3.05, 3.63) is 11.9 Å². The van der Waals surface area contributed by atoms with Crippen molar-refractivity contribution in [1.29, 1.82) is 0 Å². The maximum absolute atomic E-state index is 5.41. The molecule has 0 unspecified atom stereocenters. The molecule has 1 saturated heterocycles. The van der Waals surface area contributed by atoms with Gasteiger partial charge in [-0.1, -0.05) is 13.8 Å². The first-order valence-electron chi connectivity index (χ1n) is 6.92. The van der Waals surface area contributed by atoms with Gasteiger partial charge in [-0.3, -0.25) is 0 Å². The lowest BCUT2D eigenvalue weighted by Crippen LogP contribution is -2.24. The first-order valence-corrected chi connectivity index (χ1v) is 6.92. The summed E-state index contributed by atoms with van der Waals surface area (Å²) in [6.45, 7) is 9.83. The van der Waals surface area contributed by atoms with E-state index in [4.69, 9.17) is 4.74 Å². The highest BCUT2D eigenvalue weighted by molar-refractivity contribution is 5.50. The average Bonchev–Trinajstić information content (AvgIpc) is 2.76. The minimum absolute atomic E-state index is 0.366. The summed E-state index contributed by atoms with van der Waals surface area (Å²) in [6.07, 6.45) is 1.20. The van der Waals surface area contributed by atoms with Crippen LogP contribution in [0.4, 0.5) is 11.6 Å². The summed E-state index contributed by atoms with van der Waals surface area (Å²) in [4.78, 5) is 11.4. The van der Waals surface area contributed by atoms with Gasteiger partial charge in [-0.05, 0) is 18.8 Å². The van der Waals surface area contributed by atoms with Crippen LogP contribution in [0.15, 0.2) is 6.07 Å². The Hall–Kier alpha value is -1.36. The van der Waals surface area contributed by atoms with Gasteiger partial charge >= 0.3 is 0 Å². The van der Waals surface area contributed by atoms with E-state index >= 15 is 0 Å². The summed E-state index contributed by atoms with van der Waals surface area (Å²) in [5.74, 6) is 2.59. The SMILES string of the molecule is CCOCc1nc(NC)cc(N2CCC(C)(C)C2)n1. The third-order valence-corrected chi connectivity index (χ3v) is 3.45. The normalized spacial score (nSPS) is 17.8. The average molecular weight is 264 g/mol. The van der Waals surface area contributed by atoms with Gasteiger partial charge in [0.05, 0.1) is 0 Å². The molecule has 0 amide bonds. The smallest absolute Gasteiger partial charge is 0.158 e. The molecule has 0 radical (unpaired) electrons. The van der Waals surface area contributed by atoms with E-state index in [1.165, 1.54) is 6.42 Å². The van der Waals surface area contributed by atoms with Crippen molar-refractivity contribution >= 4 is 11.6 Å². The summed E-state index contributed by atoms with van der Waals surface area (Å²) in [5.41, 5.74) is 0.366. The van der Waals surface area contributed by atoms with Gasteiger partial charge < -0.3 is 15.0 Å². The van der Waals surface area contributed by atoms with Crippen LogP contribution in [0.5, 0.6) is 0 Å². The monoisotopic (exact) mass is 264 g/mol. The molecular weight excluding hydrogens is 240 g/mol. The Morgan fingerprint density at radius 3 is 2.79 bits per heavy atom. The summed E-state index contributed by atoms with van der Waals surface area (Å²) >= 11 is 0. The highest BCUT2D eigenvalue weighted by Gasteiger charge is 2.30. The summed E-state index contributed by atoms with van der Waals surface area (Å²) in [6, 6.07) is 2.01. The topological polar surface area (TPSA) is 50.3 Å². The van der Waals surface area contributed by atoms with Crippen LogP contribution < -0.4 is 10.2 Å². The maximum atomic E-state index is 5.41. The molecule has 1 N–H and O–H groups in total. The molecule has 2 rings (SSSR count). The van der Waals surface area contributed by atoms with Gasteiger partial charge in [-0.25, -0.2) is 9.97 Å². The van der Waals surface area contributed by atoms with Gasteiger partial charge in [0.2, 0.25) is 0 Å². The fourth-order valence-electron chi connectivity index (χ4n) is 2.34. The van der Waals surface area contributed by atoms with Gasteiger partial charge in [-0.15, -0.1) is 0 Å². The molecule has 0 saturated carbocycles. The Balaban J connectivity index is 2.19. The van der Waals surface area contributed by atoms with Crippen molar-refractivity contribution in [2.75, 3.05) is 37.0 Å². The van der Waals surface area contributed by atoms with Gasteiger partial charge in [0, 0.05) is 32.8 Å². The minimum atomic E-state index is 0.366. The molecule has 106 valence electrons. The fourth-order valence-corrected chi connectivity index (χ4v) is 2.34. The quantitative estimate of drug-likeness (QED) is 0.884. The predicted octanol–water partition coefficient (Wildman–Crippen LogP) is 2.29. The molecule has 5 heteroatoms. The summed E-state index contributed by atoms with van der Waals surface area (Å²) in [7, 11) is 1.88. The van der Waals surface area contributed by atoms with Crippen LogP contribution in [-0.4, -0.2) is 36.7 Å². The molecule has 0 atom stereocenters. The Morgan fingerprint density at radius 2 is 2.21 bits per heavy atom. The standard InChI is InChI=1S/C14H24N4O/c1-5-19-9-12-16-11(15-4)8-13(17-12)18-7-6-14(2,3)10-18/h8H,5-7,9-10H2,1-4H3,(H,15,16,17). The van der Waals surface area contributed by atoms with E-state index in [2.05, 4.69) is 34.0 Å². The Labute approximate surface area is 115 Å². The molecular formula is C14H24N4O. The van der Waals surface area contributed by atoms with Crippen LogP contribution in [-0.2, 0) is 11.3 Å². The van der Waals surface area contributed by atoms with Gasteiger partial charge in [-0.2, -0.15) is 0 Å². The number of aromatic nitrogens is 2. The van der Waals surface area contributed by atoms with Crippen LogP contribution in [0.3, 0.4) is 0 Å². The maximum Gasteiger partial charge on any atom is 0.158 e. The lowest BCUT2D eigenvalue weighted by atomic mass is 9.93. The molecule has 0 aromatic carbocycles. The van der Waals surface area contributed by atoms with Crippen molar-refractivity contribution < 1.29 is 4.74 Å². The number of ether oxygens (including phenoxy) is 1. The van der Waals surface area contributed by atoms with E-state index in [-0.39, 0.29) is 0 Å². The zero-order valence-electron chi connectivity index (χ0n) is 12.4. The second kappa shape index (κ2) is 5.74. The van der Waals surface area contributed by atoms with Crippen molar-refractivity contribution in [1.82, 2.24) is 9.97 Å². The summed E-state index contributed by atoms with van der Waals surface area (Å²) < 4.78 is 5.41. The number of anilines is 2. The van der Waals surface area contributed by atoms with Crippen LogP contribution in [0.2, 0.25) is 0 Å². The molecule has 5 nitrogen and oxygen atoms in total. The fraction of sp³-hybridized carbons (Fsp3) is 0.714. The molecule has 0 aliphatic carbocycles. The molecule has 1 aromatic rings. The Kier molecular flexibility index (Phi) is 4.24. The van der Waals surface area contributed by atoms with Gasteiger partial charge in [0.25, 0.3) is 0 Å². The zero-order valence-corrected chi connectivity index (χ0v) is 12.4. The first kappa shape index (κ1) is 14.1. The number of nitrogens with one attached hydrogen (secondary N) is 1. The molecule has 0 bridgehead atoms. The predicted molar refractivity (Wildman–Crippen MR) is 77.5 cm³/mol. The zero-order chi connectivity index (χ0) is 13.9. The van der Waals surface area contributed by atoms with E-state index < -0.39 is 0 Å². The van der Waals surface area contributed by atoms with E-state index in [1.54, 1.807) is 0 Å². The lowest BCUT2D eigenvalue weighted by Gasteiger charge is -2.21. The summed E-state index contributed by atoms with van der Waals surface area (Å²) in [5, 5.41) is 3.10. The molecule has 1 aliphatic rings. The number of hydrogen-bond acceptors (Lipinski definition) is 5. The molecule has 2 heterocycles. The third kappa shape index (κ3) is 3.56. The lowest BCUT2D eigenvalue weighted by molar-refractivity contribution is 0.128. The molecule has 19 heavy (non-hydrogen) atoms. The number of nitrogens with zero attached hydrogens (tertiary/aromatic N) is 3. The Morgan fingerprint density at radius 1 is 1.42 bits per heavy atom. The Bertz CT molecular complexity index is 433. The largest absolute Gasteiger partial charge is 0.374 e. The molecule has 1 aliphatic heterocycles. The number of hydrogen-bond donors (Lipinski definition) is 1. The van der Waals surface area contributed by atoms with E-state index in [1.807, 2.05) is 20.0 Å². The van der Waals surface area contributed by atoms with Crippen LogP contribution in [0.1, 0.15) is 33.0 Å². The highest BCUT2D eigenvalue weighted by Crippen LogP contribution is 2.32. The molecule has 1 fully saturated rings. The van der Waals surface area contributed by atoms with Gasteiger partial charge in [0.1, 0.15) is 18.2 Å². The molecule has 1 aromatic heterocycles. The van der Waals surface area contributed by atoms with E-state index in [0.29, 0.717) is 18.6 Å². The van der Waals surface area contributed by atoms with Gasteiger partial charge in [0.15, 0.2) is 5.82 Å². The third-order valence-electron chi connectivity index (χ3n) is 3.45. The number of rotatable bonds is 5. The second-order valence-electron chi connectivity index (χ2n) is 5.75. The second-order valence-corrected chi connectivity index (χ2v) is 5.75. The minimum Gasteiger partial charge on any atom is -0.374 e. The van der Waals surface area contributed by atoms with Crippen LogP contribution in [0, 0.1) is 5.41 Å².